The Bertz CT molecular complexity index is 929. The zero-order chi connectivity index (χ0) is 18.4. The van der Waals surface area contributed by atoms with Crippen molar-refractivity contribution in [3.8, 4) is 0 Å². The van der Waals surface area contributed by atoms with Crippen molar-refractivity contribution >= 4 is 40.0 Å². The number of carboxylic acid groups (broad SMARTS) is 1. The number of aliphatic carboxylic acids is 1. The van der Waals surface area contributed by atoms with E-state index in [-0.39, 0.29) is 17.5 Å². The molecule has 25 heavy (non-hydrogen) atoms. The molecule has 0 aliphatic carbocycles. The van der Waals surface area contributed by atoms with Crippen LogP contribution in [-0.2, 0) is 9.59 Å². The molecule has 0 bridgehead atoms. The number of nitrogens with zero attached hydrogens (tertiary/aromatic N) is 3. The predicted octanol–water partition coefficient (Wildman–Crippen LogP) is 2.79. The Labute approximate surface area is 144 Å². The normalized spacial score (nSPS) is 11.9. The number of nitrogens with one attached hydrogen (secondary N) is 1. The van der Waals surface area contributed by atoms with E-state index in [4.69, 9.17) is 5.11 Å². The quantitative estimate of drug-likeness (QED) is 0.497. The Morgan fingerprint density at radius 1 is 1.28 bits per heavy atom. The maximum atomic E-state index is 11.6. The first-order valence-corrected chi connectivity index (χ1v) is 7.26. The molecule has 1 amide bonds. The molecule has 0 aliphatic rings. The third kappa shape index (κ3) is 4.23. The van der Waals surface area contributed by atoms with Crippen molar-refractivity contribution in [1.82, 2.24) is 4.98 Å². The molecule has 0 unspecified atom stereocenters. The minimum atomic E-state index is -1.14. The molecule has 0 saturated heterocycles. The highest BCUT2D eigenvalue weighted by molar-refractivity contribution is 6.37. The summed E-state index contributed by atoms with van der Waals surface area (Å²) in [6, 6.07) is 6.83. The van der Waals surface area contributed by atoms with Gasteiger partial charge in [-0.2, -0.15) is 0 Å². The Balaban J connectivity index is 2.60. The van der Waals surface area contributed by atoms with Gasteiger partial charge < -0.3 is 10.4 Å². The monoisotopic (exact) mass is 336 g/mol. The Morgan fingerprint density at radius 2 is 2.04 bits per heavy atom. The maximum Gasteiger partial charge on any atom is 0.350 e. The van der Waals surface area contributed by atoms with Crippen LogP contribution in [0, 0.1) is 0 Å². The number of hydrogen-bond donors (Lipinski definition) is 2. The fourth-order valence-electron chi connectivity index (χ4n) is 2.04. The van der Waals surface area contributed by atoms with Gasteiger partial charge in [0.1, 0.15) is 5.71 Å². The van der Waals surface area contributed by atoms with Crippen LogP contribution in [-0.4, -0.2) is 33.5 Å². The van der Waals surface area contributed by atoms with Crippen LogP contribution in [0.15, 0.2) is 65.9 Å². The first kappa shape index (κ1) is 17.7. The zero-order valence-electron chi connectivity index (χ0n) is 13.6. The van der Waals surface area contributed by atoms with Crippen LogP contribution < -0.4 is 5.32 Å². The van der Waals surface area contributed by atoms with Crippen LogP contribution in [0.4, 0.5) is 5.69 Å². The fraction of sp³-hybridized carbons (Fsp3) is 0.0556. The Kier molecular flexibility index (Phi) is 5.52. The molecule has 0 aliphatic heterocycles. The minimum Gasteiger partial charge on any atom is -0.477 e. The van der Waals surface area contributed by atoms with Crippen molar-refractivity contribution in [2.24, 2.45) is 9.98 Å². The van der Waals surface area contributed by atoms with Crippen LogP contribution in [0.5, 0.6) is 0 Å². The van der Waals surface area contributed by atoms with E-state index in [1.807, 2.05) is 0 Å². The number of amidine groups is 1. The van der Waals surface area contributed by atoms with Crippen molar-refractivity contribution in [2.75, 3.05) is 5.32 Å². The molecular formula is C18H16N4O3. The smallest absolute Gasteiger partial charge is 0.350 e. The molecule has 1 aromatic heterocycles. The molecule has 1 aromatic carbocycles. The molecule has 2 N–H and O–H groups in total. The lowest BCUT2D eigenvalue weighted by molar-refractivity contribution is -0.129. The molecule has 0 atom stereocenters. The third-order valence-electron chi connectivity index (χ3n) is 3.24. The minimum absolute atomic E-state index is 0.105. The summed E-state index contributed by atoms with van der Waals surface area (Å²) in [7, 11) is 0. The van der Waals surface area contributed by atoms with Gasteiger partial charge in [-0.15, -0.1) is 0 Å². The topological polar surface area (TPSA) is 104 Å². The lowest BCUT2D eigenvalue weighted by Gasteiger charge is -2.08. The summed E-state index contributed by atoms with van der Waals surface area (Å²) < 4.78 is 0. The number of rotatable bonds is 5. The third-order valence-corrected chi connectivity index (χ3v) is 3.24. The number of pyridine rings is 1. The second kappa shape index (κ2) is 7.78. The van der Waals surface area contributed by atoms with Gasteiger partial charge >= 0.3 is 5.97 Å². The lowest BCUT2D eigenvalue weighted by atomic mass is 10.1. The van der Waals surface area contributed by atoms with Crippen LogP contribution in [0.2, 0.25) is 0 Å². The molecule has 0 radical (unpaired) electrons. The second-order valence-electron chi connectivity index (χ2n) is 4.92. The van der Waals surface area contributed by atoms with Gasteiger partial charge in [0.05, 0.1) is 11.2 Å². The SMILES string of the molecule is C=CN=C(N=C(C)C(=O)O)c1ccc2nccc(NC(=O)C=C)c2c1. The van der Waals surface area contributed by atoms with Gasteiger partial charge in [-0.1, -0.05) is 13.2 Å². The van der Waals surface area contributed by atoms with Crippen LogP contribution >= 0.6 is 0 Å². The zero-order valence-corrected chi connectivity index (χ0v) is 13.6. The van der Waals surface area contributed by atoms with E-state index in [1.165, 1.54) is 19.2 Å². The van der Waals surface area contributed by atoms with Gasteiger partial charge in [0.2, 0.25) is 5.91 Å². The van der Waals surface area contributed by atoms with E-state index >= 15 is 0 Å². The number of carbonyl (C=O) groups is 2. The highest BCUT2D eigenvalue weighted by Crippen LogP contribution is 2.23. The van der Waals surface area contributed by atoms with Crippen molar-refractivity contribution in [2.45, 2.75) is 6.92 Å². The highest BCUT2D eigenvalue weighted by Gasteiger charge is 2.10. The molecule has 2 aromatic rings. The van der Waals surface area contributed by atoms with Gasteiger partial charge in [0, 0.05) is 23.3 Å². The number of aliphatic imine (C=N–C) groups is 2. The van der Waals surface area contributed by atoms with Crippen LogP contribution in [0.1, 0.15) is 12.5 Å². The molecular weight excluding hydrogens is 320 g/mol. The van der Waals surface area contributed by atoms with E-state index in [0.29, 0.717) is 22.2 Å². The molecule has 126 valence electrons. The lowest BCUT2D eigenvalue weighted by Crippen LogP contribution is -2.12. The summed E-state index contributed by atoms with van der Waals surface area (Å²) in [5.74, 6) is -1.29. The maximum absolute atomic E-state index is 11.6. The van der Waals surface area contributed by atoms with Crippen molar-refractivity contribution in [3.05, 3.63) is 61.5 Å². The van der Waals surface area contributed by atoms with E-state index in [9.17, 15) is 9.59 Å². The number of carbonyl (C=O) groups excluding carboxylic acids is 1. The second-order valence-corrected chi connectivity index (χ2v) is 4.92. The Hall–Kier alpha value is -3.61. The predicted molar refractivity (Wildman–Crippen MR) is 98.0 cm³/mol. The molecule has 2 rings (SSSR count). The Morgan fingerprint density at radius 3 is 2.68 bits per heavy atom. The summed E-state index contributed by atoms with van der Waals surface area (Å²) >= 11 is 0. The number of amides is 1. The summed E-state index contributed by atoms with van der Waals surface area (Å²) in [5, 5.41) is 12.4. The van der Waals surface area contributed by atoms with Crippen molar-refractivity contribution in [1.29, 1.82) is 0 Å². The molecule has 1 heterocycles. The summed E-state index contributed by atoms with van der Waals surface area (Å²) in [6.07, 6.45) is 4.02. The first-order valence-electron chi connectivity index (χ1n) is 7.26. The standard InChI is InChI=1S/C18H16N4O3/c1-4-16(23)22-15-8-9-20-14-7-6-12(10-13(14)15)17(19-5-2)21-11(3)18(24)25/h4-10H,1-2H2,3H3,(H,24,25)(H,20,22,23). The summed E-state index contributed by atoms with van der Waals surface area (Å²) in [5.41, 5.74) is 1.67. The van der Waals surface area contributed by atoms with E-state index in [1.54, 1.807) is 30.5 Å². The van der Waals surface area contributed by atoms with Gasteiger partial charge in [0.25, 0.3) is 0 Å². The number of benzene rings is 1. The van der Waals surface area contributed by atoms with Gasteiger partial charge in [-0.05, 0) is 37.3 Å². The molecule has 7 nitrogen and oxygen atoms in total. The average Bonchev–Trinajstić information content (AvgIpc) is 2.61. The van der Waals surface area contributed by atoms with E-state index < -0.39 is 5.97 Å². The molecule has 0 fully saturated rings. The highest BCUT2D eigenvalue weighted by atomic mass is 16.4. The number of carboxylic acids is 1. The summed E-state index contributed by atoms with van der Waals surface area (Å²) in [6.45, 7) is 8.32. The van der Waals surface area contributed by atoms with Gasteiger partial charge in [0.15, 0.2) is 5.84 Å². The first-order chi connectivity index (χ1) is 12.0. The molecule has 7 heteroatoms. The van der Waals surface area contributed by atoms with Crippen molar-refractivity contribution < 1.29 is 14.7 Å². The van der Waals surface area contributed by atoms with E-state index in [0.717, 1.165) is 0 Å². The largest absolute Gasteiger partial charge is 0.477 e. The van der Waals surface area contributed by atoms with Crippen molar-refractivity contribution in [3.63, 3.8) is 0 Å². The number of aromatic nitrogens is 1. The average molecular weight is 336 g/mol. The fourth-order valence-corrected chi connectivity index (χ4v) is 2.04. The summed E-state index contributed by atoms with van der Waals surface area (Å²) in [4.78, 5) is 34.9. The molecule has 0 saturated carbocycles. The van der Waals surface area contributed by atoms with Gasteiger partial charge in [-0.25, -0.2) is 14.8 Å². The van der Waals surface area contributed by atoms with Crippen LogP contribution in [0.25, 0.3) is 10.9 Å². The molecule has 0 spiro atoms. The van der Waals surface area contributed by atoms with Crippen LogP contribution in [0.3, 0.4) is 0 Å². The number of hydrogen-bond acceptors (Lipinski definition) is 4. The number of anilines is 1. The van der Waals surface area contributed by atoms with Gasteiger partial charge in [-0.3, -0.25) is 9.78 Å². The van der Waals surface area contributed by atoms with E-state index in [2.05, 4.69) is 33.4 Å². The number of fused-ring (bicyclic) bond motifs is 1.